The third-order valence-electron chi connectivity index (χ3n) is 4.81. The van der Waals surface area contributed by atoms with Crippen molar-refractivity contribution in [2.45, 2.75) is 40.0 Å². The highest BCUT2D eigenvalue weighted by Gasteiger charge is 2.18. The molecule has 0 radical (unpaired) electrons. The van der Waals surface area contributed by atoms with Gasteiger partial charge >= 0.3 is 6.09 Å². The molecule has 0 N–H and O–H groups in total. The molecule has 0 saturated carbocycles. The number of nitrogens with zero attached hydrogens (tertiary/aromatic N) is 1. The molecule has 4 nitrogen and oxygen atoms in total. The fourth-order valence-corrected chi connectivity index (χ4v) is 3.16. The minimum absolute atomic E-state index is 0.351. The molecule has 2 rings (SSSR count). The summed E-state index contributed by atoms with van der Waals surface area (Å²) in [6, 6.07) is 14.3. The van der Waals surface area contributed by atoms with Crippen molar-refractivity contribution in [1.29, 1.82) is 0 Å². The van der Waals surface area contributed by atoms with Crippen molar-refractivity contribution in [2.75, 3.05) is 19.7 Å². The van der Waals surface area contributed by atoms with Gasteiger partial charge in [0.05, 0.1) is 0 Å². The number of rotatable bonds is 11. The molecule has 0 aliphatic heterocycles. The average molecular weight is 408 g/mol. The average Bonchev–Trinajstić information content (AvgIpc) is 2.74. The largest absolute Gasteiger partial charge is 0.489 e. The summed E-state index contributed by atoms with van der Waals surface area (Å²) in [6.45, 7) is 15.2. The first kappa shape index (κ1) is 23.3. The van der Waals surface area contributed by atoms with Crippen molar-refractivity contribution in [3.63, 3.8) is 0 Å². The lowest BCUT2D eigenvalue weighted by atomic mass is 10.0. The van der Waals surface area contributed by atoms with Crippen molar-refractivity contribution in [1.82, 2.24) is 4.90 Å². The summed E-state index contributed by atoms with van der Waals surface area (Å²) in [6.07, 6.45) is 3.70. The number of aryl methyl sites for hydroxylation is 2. The summed E-state index contributed by atoms with van der Waals surface area (Å²) >= 11 is 0. The second-order valence-corrected chi connectivity index (χ2v) is 7.34. The summed E-state index contributed by atoms with van der Waals surface area (Å²) < 4.78 is 11.8. The monoisotopic (exact) mass is 407 g/mol. The molecular weight excluding hydrogens is 374 g/mol. The van der Waals surface area contributed by atoms with Gasteiger partial charge in [-0.05, 0) is 68.9 Å². The third-order valence-corrected chi connectivity index (χ3v) is 4.81. The number of hydrogen-bond acceptors (Lipinski definition) is 3. The van der Waals surface area contributed by atoms with Gasteiger partial charge in [0.15, 0.2) is 0 Å². The van der Waals surface area contributed by atoms with Gasteiger partial charge in [-0.15, -0.1) is 6.58 Å². The van der Waals surface area contributed by atoms with Gasteiger partial charge in [-0.3, -0.25) is 0 Å². The number of ether oxygens (including phenoxy) is 2. The molecule has 0 aliphatic carbocycles. The van der Waals surface area contributed by atoms with Crippen molar-refractivity contribution in [3.8, 4) is 11.5 Å². The maximum Gasteiger partial charge on any atom is 0.415 e. The van der Waals surface area contributed by atoms with E-state index >= 15 is 0 Å². The van der Waals surface area contributed by atoms with E-state index in [1.165, 1.54) is 5.56 Å². The number of allylic oxidation sites excluding steroid dienone is 1. The SMILES string of the molecule is C=CCc1c(OCC(=C)C)cc(CCc2ccccc2)cc1OC(=O)N(CC)CC. The van der Waals surface area contributed by atoms with E-state index in [0.29, 0.717) is 37.6 Å². The van der Waals surface area contributed by atoms with E-state index in [4.69, 9.17) is 9.47 Å². The molecular formula is C26H33NO3. The molecule has 0 spiro atoms. The van der Waals surface area contributed by atoms with Crippen LogP contribution in [-0.4, -0.2) is 30.7 Å². The number of benzene rings is 2. The number of amides is 1. The van der Waals surface area contributed by atoms with E-state index < -0.39 is 0 Å². The zero-order valence-electron chi connectivity index (χ0n) is 18.4. The van der Waals surface area contributed by atoms with E-state index in [1.807, 2.05) is 51.1 Å². The van der Waals surface area contributed by atoms with Crippen LogP contribution in [0.5, 0.6) is 11.5 Å². The standard InChI is InChI=1S/C26H33NO3/c1-6-12-23-24(29-19-20(4)5)17-22(16-15-21-13-10-9-11-14-21)18-25(23)30-26(28)27(7-2)8-3/h6,9-11,13-14,17-18H,1,4,7-8,12,15-16,19H2,2-3,5H3. The minimum Gasteiger partial charge on any atom is -0.489 e. The first-order valence-electron chi connectivity index (χ1n) is 10.5. The smallest absolute Gasteiger partial charge is 0.415 e. The molecule has 2 aromatic carbocycles. The van der Waals surface area contributed by atoms with E-state index in [0.717, 1.165) is 29.5 Å². The van der Waals surface area contributed by atoms with E-state index in [9.17, 15) is 4.79 Å². The van der Waals surface area contributed by atoms with Crippen LogP contribution in [0.1, 0.15) is 37.5 Å². The molecule has 0 fully saturated rings. The Hall–Kier alpha value is -3.01. The highest BCUT2D eigenvalue weighted by Crippen LogP contribution is 2.33. The van der Waals surface area contributed by atoms with Gasteiger partial charge in [0.2, 0.25) is 0 Å². The Kier molecular flexibility index (Phi) is 9.20. The fourth-order valence-electron chi connectivity index (χ4n) is 3.16. The summed E-state index contributed by atoms with van der Waals surface area (Å²) in [4.78, 5) is 14.3. The Morgan fingerprint density at radius 1 is 1.03 bits per heavy atom. The van der Waals surface area contributed by atoms with Crippen LogP contribution in [0, 0.1) is 0 Å². The Morgan fingerprint density at radius 3 is 2.27 bits per heavy atom. The van der Waals surface area contributed by atoms with Gasteiger partial charge in [0, 0.05) is 18.7 Å². The van der Waals surface area contributed by atoms with Crippen LogP contribution in [0.25, 0.3) is 0 Å². The Bertz CT molecular complexity index is 854. The maximum absolute atomic E-state index is 12.6. The number of carbonyl (C=O) groups is 1. The molecule has 2 aromatic rings. The van der Waals surface area contributed by atoms with E-state index in [1.54, 1.807) is 11.0 Å². The Morgan fingerprint density at radius 2 is 1.67 bits per heavy atom. The zero-order valence-corrected chi connectivity index (χ0v) is 18.4. The fraction of sp³-hybridized carbons (Fsp3) is 0.346. The summed E-state index contributed by atoms with van der Waals surface area (Å²) in [7, 11) is 0. The lowest BCUT2D eigenvalue weighted by molar-refractivity contribution is 0.156. The minimum atomic E-state index is -0.351. The zero-order chi connectivity index (χ0) is 21.9. The van der Waals surface area contributed by atoms with Crippen LogP contribution >= 0.6 is 0 Å². The maximum atomic E-state index is 12.6. The van der Waals surface area contributed by atoms with Crippen molar-refractivity contribution < 1.29 is 14.3 Å². The molecule has 0 atom stereocenters. The second-order valence-electron chi connectivity index (χ2n) is 7.34. The molecule has 30 heavy (non-hydrogen) atoms. The van der Waals surface area contributed by atoms with Gasteiger partial charge < -0.3 is 14.4 Å². The van der Waals surface area contributed by atoms with Crippen LogP contribution in [-0.2, 0) is 19.3 Å². The second kappa shape index (κ2) is 11.9. The first-order chi connectivity index (χ1) is 14.5. The van der Waals surface area contributed by atoms with Gasteiger partial charge in [-0.1, -0.05) is 43.0 Å². The first-order valence-corrected chi connectivity index (χ1v) is 10.5. The third kappa shape index (κ3) is 6.80. The Balaban J connectivity index is 2.38. The van der Waals surface area contributed by atoms with Gasteiger partial charge in [-0.25, -0.2) is 4.79 Å². The molecule has 0 aliphatic rings. The quantitative estimate of drug-likeness (QED) is 0.429. The lowest BCUT2D eigenvalue weighted by Gasteiger charge is -2.21. The van der Waals surface area contributed by atoms with Crippen molar-refractivity contribution in [3.05, 3.63) is 84.0 Å². The highest BCUT2D eigenvalue weighted by atomic mass is 16.6. The highest BCUT2D eigenvalue weighted by molar-refractivity contribution is 5.72. The van der Waals surface area contributed by atoms with Crippen molar-refractivity contribution in [2.24, 2.45) is 0 Å². The summed E-state index contributed by atoms with van der Waals surface area (Å²) in [5.74, 6) is 1.25. The van der Waals surface area contributed by atoms with Crippen LogP contribution < -0.4 is 9.47 Å². The summed E-state index contributed by atoms with van der Waals surface area (Å²) in [5, 5.41) is 0. The molecule has 0 aromatic heterocycles. The molecule has 160 valence electrons. The Labute approximate surface area is 180 Å². The summed E-state index contributed by atoms with van der Waals surface area (Å²) in [5.41, 5.74) is 4.08. The van der Waals surface area contributed by atoms with Crippen LogP contribution in [0.2, 0.25) is 0 Å². The predicted molar refractivity (Wildman–Crippen MR) is 123 cm³/mol. The normalized spacial score (nSPS) is 10.4. The van der Waals surface area contributed by atoms with Crippen LogP contribution in [0.4, 0.5) is 4.79 Å². The van der Waals surface area contributed by atoms with Crippen LogP contribution in [0.3, 0.4) is 0 Å². The van der Waals surface area contributed by atoms with Crippen LogP contribution in [0.15, 0.2) is 67.3 Å². The van der Waals surface area contributed by atoms with Crippen molar-refractivity contribution >= 4 is 6.09 Å². The van der Waals surface area contributed by atoms with E-state index in [-0.39, 0.29) is 6.09 Å². The lowest BCUT2D eigenvalue weighted by Crippen LogP contribution is -2.33. The molecule has 0 saturated heterocycles. The number of hydrogen-bond donors (Lipinski definition) is 0. The van der Waals surface area contributed by atoms with E-state index in [2.05, 4.69) is 25.3 Å². The molecule has 1 amide bonds. The molecule has 0 unspecified atom stereocenters. The number of carbonyl (C=O) groups excluding carboxylic acids is 1. The molecule has 0 bridgehead atoms. The van der Waals surface area contributed by atoms with Gasteiger partial charge in [-0.2, -0.15) is 0 Å². The predicted octanol–water partition coefficient (Wildman–Crippen LogP) is 6.00. The van der Waals surface area contributed by atoms with Gasteiger partial charge in [0.1, 0.15) is 18.1 Å². The molecule has 0 heterocycles. The topological polar surface area (TPSA) is 38.8 Å². The molecule has 4 heteroatoms. The van der Waals surface area contributed by atoms with Gasteiger partial charge in [0.25, 0.3) is 0 Å².